The molecule has 2 aromatic carbocycles. The number of imidazole rings is 1. The third-order valence-electron chi connectivity index (χ3n) is 4.30. The van der Waals surface area contributed by atoms with Crippen molar-refractivity contribution in [3.05, 3.63) is 29.8 Å². The summed E-state index contributed by atoms with van der Waals surface area (Å²) in [6.45, 7) is 6.22. The first kappa shape index (κ1) is 15.6. The fourth-order valence-electron chi connectivity index (χ4n) is 3.10. The van der Waals surface area contributed by atoms with E-state index in [0.717, 1.165) is 22.2 Å². The van der Waals surface area contributed by atoms with E-state index in [2.05, 4.69) is 35.7 Å². The SMILES string of the molecule is COc1[nH+]c(N)nc2c3[nH]c(C(C)(C)C)nc3c3ccc(F)cc3c12. The number of hydrogen-bond donors (Lipinski definition) is 2. The van der Waals surface area contributed by atoms with Crippen LogP contribution in [0.5, 0.6) is 5.88 Å². The molecule has 0 aliphatic heterocycles. The molecule has 0 atom stereocenters. The Morgan fingerprint density at radius 2 is 1.92 bits per heavy atom. The lowest BCUT2D eigenvalue weighted by Gasteiger charge is -2.13. The smallest absolute Gasteiger partial charge is 0.390 e. The van der Waals surface area contributed by atoms with Gasteiger partial charge in [-0.1, -0.05) is 25.8 Å². The van der Waals surface area contributed by atoms with Gasteiger partial charge in [0.25, 0.3) is 5.88 Å². The highest BCUT2D eigenvalue weighted by molar-refractivity contribution is 6.23. The van der Waals surface area contributed by atoms with Gasteiger partial charge >= 0.3 is 5.95 Å². The maximum Gasteiger partial charge on any atom is 0.390 e. The Balaban J connectivity index is 2.32. The van der Waals surface area contributed by atoms with E-state index in [-0.39, 0.29) is 17.2 Å². The van der Waals surface area contributed by atoms with E-state index in [9.17, 15) is 4.39 Å². The van der Waals surface area contributed by atoms with Crippen molar-refractivity contribution in [1.82, 2.24) is 15.0 Å². The number of anilines is 1. The number of rotatable bonds is 1. The molecule has 7 heteroatoms. The summed E-state index contributed by atoms with van der Waals surface area (Å²) in [5, 5.41) is 2.17. The zero-order valence-electron chi connectivity index (χ0n) is 14.5. The maximum absolute atomic E-state index is 13.9. The Hall–Kier alpha value is -2.96. The molecule has 128 valence electrons. The van der Waals surface area contributed by atoms with Gasteiger partial charge in [-0.2, -0.15) is 0 Å². The van der Waals surface area contributed by atoms with Gasteiger partial charge in [0.05, 0.1) is 7.11 Å². The zero-order valence-corrected chi connectivity index (χ0v) is 14.5. The first-order valence-corrected chi connectivity index (χ1v) is 7.97. The van der Waals surface area contributed by atoms with Crippen LogP contribution in [0.25, 0.3) is 32.7 Å². The van der Waals surface area contributed by atoms with E-state index in [0.29, 0.717) is 22.2 Å². The number of hydrogen-bond acceptors (Lipinski definition) is 4. The predicted molar refractivity (Wildman–Crippen MR) is 95.1 cm³/mol. The summed E-state index contributed by atoms with van der Waals surface area (Å²) in [5.41, 5.74) is 7.84. The highest BCUT2D eigenvalue weighted by Gasteiger charge is 2.25. The minimum absolute atomic E-state index is 0.172. The number of methoxy groups -OCH3 is 1. The van der Waals surface area contributed by atoms with Gasteiger partial charge in [-0.05, 0) is 18.2 Å². The van der Waals surface area contributed by atoms with Gasteiger partial charge in [0.2, 0.25) is 0 Å². The number of nitrogens with zero attached hydrogens (tertiary/aromatic N) is 2. The van der Waals surface area contributed by atoms with Crippen molar-refractivity contribution in [3.63, 3.8) is 0 Å². The molecule has 0 fully saturated rings. The first-order valence-electron chi connectivity index (χ1n) is 7.97. The lowest BCUT2D eigenvalue weighted by Crippen LogP contribution is -2.16. The fourth-order valence-corrected chi connectivity index (χ4v) is 3.10. The topological polar surface area (TPSA) is 91.0 Å². The quantitative estimate of drug-likeness (QED) is 0.521. The van der Waals surface area contributed by atoms with Crippen LogP contribution in [0.2, 0.25) is 0 Å². The van der Waals surface area contributed by atoms with Crippen LogP contribution >= 0.6 is 0 Å². The normalized spacial score (nSPS) is 12.4. The monoisotopic (exact) mass is 340 g/mol. The molecule has 0 unspecified atom stereocenters. The molecule has 4 N–H and O–H groups in total. The Kier molecular flexibility index (Phi) is 3.12. The second-order valence-corrected chi connectivity index (χ2v) is 7.13. The summed E-state index contributed by atoms with van der Waals surface area (Å²) in [4.78, 5) is 15.5. The molecule has 0 saturated carbocycles. The predicted octanol–water partition coefficient (Wildman–Crippen LogP) is 3.11. The fraction of sp³-hybridized carbons (Fsp3) is 0.278. The largest absolute Gasteiger partial charge is 0.471 e. The van der Waals surface area contributed by atoms with Crippen LogP contribution in [0.3, 0.4) is 0 Å². The van der Waals surface area contributed by atoms with Crippen molar-refractivity contribution in [1.29, 1.82) is 0 Å². The summed E-state index contributed by atoms with van der Waals surface area (Å²) in [7, 11) is 1.54. The molecular weight excluding hydrogens is 321 g/mol. The minimum atomic E-state index is -0.335. The maximum atomic E-state index is 13.9. The van der Waals surface area contributed by atoms with Crippen molar-refractivity contribution in [3.8, 4) is 5.88 Å². The number of ether oxygens (including phenoxy) is 1. The van der Waals surface area contributed by atoms with E-state index in [1.54, 1.807) is 6.07 Å². The van der Waals surface area contributed by atoms with Crippen molar-refractivity contribution >= 4 is 38.7 Å². The molecule has 4 aromatic rings. The third kappa shape index (κ3) is 2.26. The third-order valence-corrected chi connectivity index (χ3v) is 4.30. The van der Waals surface area contributed by atoms with Crippen molar-refractivity contribution < 1.29 is 14.1 Å². The molecule has 2 heterocycles. The Morgan fingerprint density at radius 1 is 1.16 bits per heavy atom. The van der Waals surface area contributed by atoms with Gasteiger partial charge in [0, 0.05) is 16.2 Å². The molecule has 0 aliphatic carbocycles. The highest BCUT2D eigenvalue weighted by Crippen LogP contribution is 2.37. The average Bonchev–Trinajstić information content (AvgIpc) is 2.99. The van der Waals surface area contributed by atoms with E-state index in [1.165, 1.54) is 19.2 Å². The lowest BCUT2D eigenvalue weighted by atomic mass is 9.96. The van der Waals surface area contributed by atoms with Crippen molar-refractivity contribution in [2.24, 2.45) is 0 Å². The van der Waals surface area contributed by atoms with E-state index in [4.69, 9.17) is 15.5 Å². The molecule has 0 bridgehead atoms. The van der Waals surface area contributed by atoms with Crippen LogP contribution in [-0.4, -0.2) is 22.1 Å². The standard InChI is InChI=1S/C18H18FN5O/c1-18(2,3)16-21-12-9-6-5-8(19)7-10(9)11-13(14(12)22-16)23-17(20)24-15(11)25-4/h5-7H,1-4H3,(H,21,22)(H2,20,23,24)/p+1. The number of aromatic nitrogens is 4. The number of benzene rings is 2. The number of H-pyrrole nitrogens is 2. The van der Waals surface area contributed by atoms with Crippen LogP contribution < -0.4 is 15.5 Å². The van der Waals surface area contributed by atoms with Gasteiger partial charge in [-0.15, -0.1) is 0 Å². The lowest BCUT2D eigenvalue weighted by molar-refractivity contribution is -0.377. The molecule has 0 amide bonds. The van der Waals surface area contributed by atoms with Crippen molar-refractivity contribution in [2.45, 2.75) is 26.2 Å². The van der Waals surface area contributed by atoms with Gasteiger partial charge in [0.1, 0.15) is 28.1 Å². The molecule has 25 heavy (non-hydrogen) atoms. The van der Waals surface area contributed by atoms with Crippen LogP contribution in [0, 0.1) is 5.82 Å². The Labute approximate surface area is 143 Å². The summed E-state index contributed by atoms with van der Waals surface area (Å²) in [6.07, 6.45) is 0. The minimum Gasteiger partial charge on any atom is -0.471 e. The van der Waals surface area contributed by atoms with Gasteiger partial charge in [-0.3, -0.25) is 5.73 Å². The molecule has 2 aromatic heterocycles. The molecule has 0 radical (unpaired) electrons. The van der Waals surface area contributed by atoms with Gasteiger partial charge in [-0.25, -0.2) is 14.4 Å². The summed E-state index contributed by atoms with van der Waals surface area (Å²) in [6, 6.07) is 4.63. The Morgan fingerprint density at radius 3 is 2.60 bits per heavy atom. The first-order chi connectivity index (χ1) is 11.8. The molecule has 0 aliphatic rings. The summed E-state index contributed by atoms with van der Waals surface area (Å²) >= 11 is 0. The van der Waals surface area contributed by atoms with E-state index < -0.39 is 0 Å². The number of nitrogens with one attached hydrogen (secondary N) is 2. The molecular formula is C18H19FN5O+. The molecule has 4 rings (SSSR count). The number of fused-ring (bicyclic) bond motifs is 6. The van der Waals surface area contributed by atoms with Crippen LogP contribution in [0.4, 0.5) is 10.3 Å². The van der Waals surface area contributed by atoms with Crippen LogP contribution in [0.15, 0.2) is 18.2 Å². The second-order valence-electron chi connectivity index (χ2n) is 7.13. The number of nitrogens with two attached hydrogens (primary N) is 1. The highest BCUT2D eigenvalue weighted by atomic mass is 19.1. The number of nitrogen functional groups attached to an aromatic ring is 1. The molecule has 0 spiro atoms. The molecule has 0 saturated heterocycles. The zero-order chi connectivity index (χ0) is 17.9. The summed E-state index contributed by atoms with van der Waals surface area (Å²) in [5.74, 6) is 1.15. The van der Waals surface area contributed by atoms with Gasteiger partial charge < -0.3 is 9.72 Å². The number of halogens is 1. The summed E-state index contributed by atoms with van der Waals surface area (Å²) < 4.78 is 19.4. The van der Waals surface area contributed by atoms with E-state index in [1.807, 2.05) is 0 Å². The second kappa shape index (κ2) is 5.02. The van der Waals surface area contributed by atoms with E-state index >= 15 is 0 Å². The Bertz CT molecular complexity index is 1140. The average molecular weight is 340 g/mol. The van der Waals surface area contributed by atoms with Gasteiger partial charge in [0.15, 0.2) is 5.52 Å². The number of aromatic amines is 2. The van der Waals surface area contributed by atoms with Crippen LogP contribution in [0.1, 0.15) is 26.6 Å². The molecule has 6 nitrogen and oxygen atoms in total. The van der Waals surface area contributed by atoms with Crippen LogP contribution in [-0.2, 0) is 5.41 Å². The van der Waals surface area contributed by atoms with Crippen molar-refractivity contribution in [2.75, 3.05) is 12.8 Å².